The van der Waals surface area contributed by atoms with Gasteiger partial charge in [-0.3, -0.25) is 0 Å². The molecule has 0 aliphatic carbocycles. The summed E-state index contributed by atoms with van der Waals surface area (Å²) in [6, 6.07) is 2.51. The zero-order chi connectivity index (χ0) is 11.7. The fourth-order valence-electron chi connectivity index (χ4n) is 2.35. The van der Waals surface area contributed by atoms with Crippen molar-refractivity contribution >= 4 is 15.9 Å². The second-order valence-corrected chi connectivity index (χ2v) is 5.48. The van der Waals surface area contributed by atoms with Crippen molar-refractivity contribution in [3.63, 3.8) is 0 Å². The van der Waals surface area contributed by atoms with Crippen LogP contribution in [-0.4, -0.2) is 17.7 Å². The van der Waals surface area contributed by atoms with Crippen LogP contribution in [0.25, 0.3) is 0 Å². The second-order valence-electron chi connectivity index (χ2n) is 4.62. The lowest BCUT2D eigenvalue weighted by molar-refractivity contribution is 0.457. The van der Waals surface area contributed by atoms with Crippen LogP contribution in [0.3, 0.4) is 0 Å². The van der Waals surface area contributed by atoms with Crippen LogP contribution in [0.2, 0.25) is 0 Å². The van der Waals surface area contributed by atoms with Gasteiger partial charge in [0.05, 0.1) is 0 Å². The summed E-state index contributed by atoms with van der Waals surface area (Å²) in [5.74, 6) is 0.467. The van der Waals surface area contributed by atoms with E-state index in [1.165, 1.54) is 12.8 Å². The first-order valence-corrected chi connectivity index (χ1v) is 6.60. The Morgan fingerprint density at radius 2 is 2.25 bits per heavy atom. The van der Waals surface area contributed by atoms with Crippen LogP contribution in [0.15, 0.2) is 10.5 Å². The Kier molecular flexibility index (Phi) is 3.55. The highest BCUT2D eigenvalue weighted by Gasteiger charge is 2.19. The Morgan fingerprint density at radius 1 is 1.50 bits per heavy atom. The van der Waals surface area contributed by atoms with Crippen LogP contribution in [-0.2, 0) is 6.42 Å². The van der Waals surface area contributed by atoms with Gasteiger partial charge in [-0.1, -0.05) is 15.9 Å². The standard InChI is InChI=1S/C13H18BrNO/c1-8-6-12(14)9(2)11(13(8)16)7-10-4-3-5-15-10/h6,10,15-16H,3-5,7H2,1-2H3. The first-order chi connectivity index (χ1) is 7.59. The highest BCUT2D eigenvalue weighted by Crippen LogP contribution is 2.32. The molecule has 1 heterocycles. The Morgan fingerprint density at radius 3 is 2.88 bits per heavy atom. The first-order valence-electron chi connectivity index (χ1n) is 5.80. The fourth-order valence-corrected chi connectivity index (χ4v) is 2.94. The minimum absolute atomic E-state index is 0.467. The number of rotatable bonds is 2. The van der Waals surface area contributed by atoms with Gasteiger partial charge in [0, 0.05) is 10.5 Å². The van der Waals surface area contributed by atoms with Crippen LogP contribution >= 0.6 is 15.9 Å². The van der Waals surface area contributed by atoms with E-state index in [0.29, 0.717) is 11.8 Å². The first kappa shape index (κ1) is 11.9. The van der Waals surface area contributed by atoms with Crippen molar-refractivity contribution in [1.29, 1.82) is 0 Å². The lowest BCUT2D eigenvalue weighted by atomic mass is 9.97. The van der Waals surface area contributed by atoms with Gasteiger partial charge in [0.2, 0.25) is 0 Å². The fraction of sp³-hybridized carbons (Fsp3) is 0.538. The van der Waals surface area contributed by atoms with E-state index in [9.17, 15) is 5.11 Å². The van der Waals surface area contributed by atoms with Crippen LogP contribution in [0.5, 0.6) is 5.75 Å². The Bertz CT molecular complexity index is 371. The number of hydrogen-bond donors (Lipinski definition) is 2. The van der Waals surface area contributed by atoms with E-state index in [1.807, 2.05) is 13.0 Å². The molecule has 0 aromatic heterocycles. The van der Waals surface area contributed by atoms with Gasteiger partial charge >= 0.3 is 0 Å². The molecule has 0 spiro atoms. The summed E-state index contributed by atoms with van der Waals surface area (Å²) < 4.78 is 1.09. The zero-order valence-electron chi connectivity index (χ0n) is 9.81. The van der Waals surface area contributed by atoms with Gasteiger partial charge in [0.25, 0.3) is 0 Å². The number of benzene rings is 1. The molecule has 1 aromatic carbocycles. The van der Waals surface area contributed by atoms with Crippen molar-refractivity contribution in [2.75, 3.05) is 6.54 Å². The third-order valence-corrected chi connectivity index (χ3v) is 4.25. The Balaban J connectivity index is 2.31. The molecule has 0 bridgehead atoms. The van der Waals surface area contributed by atoms with E-state index in [2.05, 4.69) is 28.2 Å². The molecule has 1 fully saturated rings. The van der Waals surface area contributed by atoms with Gasteiger partial charge in [0.15, 0.2) is 0 Å². The van der Waals surface area contributed by atoms with E-state index in [4.69, 9.17) is 0 Å². The van der Waals surface area contributed by atoms with Crippen LogP contribution in [0.4, 0.5) is 0 Å². The molecule has 3 heteroatoms. The number of nitrogens with one attached hydrogen (secondary N) is 1. The highest BCUT2D eigenvalue weighted by atomic mass is 79.9. The minimum atomic E-state index is 0.467. The largest absolute Gasteiger partial charge is 0.507 e. The highest BCUT2D eigenvalue weighted by molar-refractivity contribution is 9.10. The monoisotopic (exact) mass is 283 g/mol. The predicted molar refractivity (Wildman–Crippen MR) is 70.0 cm³/mol. The molecule has 1 unspecified atom stereocenters. The SMILES string of the molecule is Cc1cc(Br)c(C)c(CC2CCCN2)c1O. The number of aryl methyl sites for hydroxylation is 1. The van der Waals surface area contributed by atoms with Crippen LogP contribution in [0, 0.1) is 13.8 Å². The smallest absolute Gasteiger partial charge is 0.122 e. The van der Waals surface area contributed by atoms with Gasteiger partial charge in [0.1, 0.15) is 5.75 Å². The molecule has 1 aliphatic heterocycles. The molecule has 1 aromatic rings. The van der Waals surface area contributed by atoms with E-state index in [0.717, 1.165) is 34.1 Å². The lowest BCUT2D eigenvalue weighted by Gasteiger charge is -2.16. The van der Waals surface area contributed by atoms with Crippen molar-refractivity contribution < 1.29 is 5.11 Å². The van der Waals surface area contributed by atoms with Crippen molar-refractivity contribution in [3.8, 4) is 5.75 Å². The van der Waals surface area contributed by atoms with Crippen molar-refractivity contribution in [3.05, 3.63) is 27.2 Å². The van der Waals surface area contributed by atoms with Gasteiger partial charge in [-0.15, -0.1) is 0 Å². The molecule has 16 heavy (non-hydrogen) atoms. The summed E-state index contributed by atoms with van der Waals surface area (Å²) in [5, 5.41) is 13.6. The van der Waals surface area contributed by atoms with Gasteiger partial charge < -0.3 is 10.4 Å². The summed E-state index contributed by atoms with van der Waals surface area (Å²) in [6.45, 7) is 5.12. The number of hydrogen-bond acceptors (Lipinski definition) is 2. The third-order valence-electron chi connectivity index (χ3n) is 3.43. The molecule has 0 radical (unpaired) electrons. The van der Waals surface area contributed by atoms with Crippen molar-refractivity contribution in [2.24, 2.45) is 0 Å². The molecule has 2 nitrogen and oxygen atoms in total. The summed E-state index contributed by atoms with van der Waals surface area (Å²) in [6.07, 6.45) is 3.39. The van der Waals surface area contributed by atoms with Crippen LogP contribution < -0.4 is 5.32 Å². The molecular formula is C13H18BrNO. The number of halogens is 1. The summed E-state index contributed by atoms with van der Waals surface area (Å²) in [7, 11) is 0. The van der Waals surface area contributed by atoms with E-state index < -0.39 is 0 Å². The predicted octanol–water partition coefficient (Wildman–Crippen LogP) is 3.07. The topological polar surface area (TPSA) is 32.3 Å². The maximum absolute atomic E-state index is 10.1. The maximum Gasteiger partial charge on any atom is 0.122 e. The molecule has 0 amide bonds. The minimum Gasteiger partial charge on any atom is -0.507 e. The molecule has 2 N–H and O–H groups in total. The molecule has 1 aliphatic rings. The van der Waals surface area contributed by atoms with E-state index >= 15 is 0 Å². The van der Waals surface area contributed by atoms with Crippen LogP contribution in [0.1, 0.15) is 29.5 Å². The lowest BCUT2D eigenvalue weighted by Crippen LogP contribution is -2.24. The molecule has 88 valence electrons. The summed E-state index contributed by atoms with van der Waals surface area (Å²) >= 11 is 3.55. The average Bonchev–Trinajstić information content (AvgIpc) is 2.74. The molecule has 1 saturated heterocycles. The van der Waals surface area contributed by atoms with Gasteiger partial charge in [-0.05, 0) is 62.4 Å². The van der Waals surface area contributed by atoms with Gasteiger partial charge in [-0.2, -0.15) is 0 Å². The van der Waals surface area contributed by atoms with E-state index in [-0.39, 0.29) is 0 Å². The summed E-state index contributed by atoms with van der Waals surface area (Å²) in [4.78, 5) is 0. The normalized spacial score (nSPS) is 20.3. The maximum atomic E-state index is 10.1. The second kappa shape index (κ2) is 4.76. The number of phenols is 1. The quantitative estimate of drug-likeness (QED) is 0.874. The number of aromatic hydroxyl groups is 1. The Hall–Kier alpha value is -0.540. The van der Waals surface area contributed by atoms with Crippen molar-refractivity contribution in [1.82, 2.24) is 5.32 Å². The molecule has 2 rings (SSSR count). The average molecular weight is 284 g/mol. The molecule has 1 atom stereocenters. The van der Waals surface area contributed by atoms with Crippen molar-refractivity contribution in [2.45, 2.75) is 39.2 Å². The van der Waals surface area contributed by atoms with E-state index in [1.54, 1.807) is 0 Å². The molecule has 0 saturated carbocycles. The summed E-state index contributed by atoms with van der Waals surface area (Å²) in [5.41, 5.74) is 3.20. The zero-order valence-corrected chi connectivity index (χ0v) is 11.4. The van der Waals surface area contributed by atoms with Gasteiger partial charge in [-0.25, -0.2) is 0 Å². The Labute approximate surface area is 105 Å². The number of phenolic OH excluding ortho intramolecular Hbond substituents is 1. The molecular weight excluding hydrogens is 266 g/mol. The third kappa shape index (κ3) is 2.25.